The summed E-state index contributed by atoms with van der Waals surface area (Å²) in [5.74, 6) is -1.10. The Bertz CT molecular complexity index is 578. The highest BCUT2D eigenvalue weighted by molar-refractivity contribution is 5.94. The zero-order chi connectivity index (χ0) is 19.4. The number of amides is 4. The molecule has 2 heterocycles. The zero-order valence-electron chi connectivity index (χ0n) is 15.8. The maximum atomic E-state index is 13.0. The summed E-state index contributed by atoms with van der Waals surface area (Å²) in [6.07, 6.45) is 2.79. The summed E-state index contributed by atoms with van der Waals surface area (Å²) in [7, 11) is 0. The second-order valence-electron chi connectivity index (χ2n) is 7.84. The van der Waals surface area contributed by atoms with Crippen molar-refractivity contribution in [3.8, 4) is 0 Å². The molecule has 4 amide bonds. The molecule has 4 N–H and O–H groups in total. The van der Waals surface area contributed by atoms with Crippen LogP contribution in [0.1, 0.15) is 52.9 Å². The molecule has 8 nitrogen and oxygen atoms in total. The lowest BCUT2D eigenvalue weighted by Gasteiger charge is -2.32. The Kier molecular flexibility index (Phi) is 6.61. The van der Waals surface area contributed by atoms with Crippen molar-refractivity contribution in [2.75, 3.05) is 6.54 Å². The highest BCUT2D eigenvalue weighted by Gasteiger charge is 2.38. The van der Waals surface area contributed by atoms with E-state index in [1.165, 1.54) is 4.90 Å². The largest absolute Gasteiger partial charge is 0.368 e. The molecule has 0 saturated carbocycles. The highest BCUT2D eigenvalue weighted by atomic mass is 16.2. The Morgan fingerprint density at radius 1 is 1.31 bits per heavy atom. The predicted octanol–water partition coefficient (Wildman–Crippen LogP) is -0.0917. The molecule has 2 unspecified atom stereocenters. The molecule has 0 radical (unpaired) electrons. The van der Waals surface area contributed by atoms with Gasteiger partial charge in [0.25, 0.3) is 0 Å². The van der Waals surface area contributed by atoms with Crippen LogP contribution in [-0.2, 0) is 19.2 Å². The second-order valence-corrected chi connectivity index (χ2v) is 7.84. The number of likely N-dealkylation sites (tertiary alicyclic amines) is 1. The molecular formula is C18H30N4O4. The Hall–Kier alpha value is -2.12. The zero-order valence-corrected chi connectivity index (χ0v) is 15.8. The Labute approximate surface area is 154 Å². The van der Waals surface area contributed by atoms with Crippen molar-refractivity contribution in [2.24, 2.45) is 17.6 Å². The Morgan fingerprint density at radius 2 is 2.00 bits per heavy atom. The molecule has 2 saturated heterocycles. The van der Waals surface area contributed by atoms with Crippen LogP contribution in [0.15, 0.2) is 0 Å². The molecule has 4 atom stereocenters. The molecule has 26 heavy (non-hydrogen) atoms. The van der Waals surface area contributed by atoms with Crippen molar-refractivity contribution < 1.29 is 19.2 Å². The van der Waals surface area contributed by atoms with Gasteiger partial charge in [0.05, 0.1) is 0 Å². The van der Waals surface area contributed by atoms with E-state index in [9.17, 15) is 19.2 Å². The van der Waals surface area contributed by atoms with Gasteiger partial charge in [-0.25, -0.2) is 0 Å². The van der Waals surface area contributed by atoms with E-state index in [4.69, 9.17) is 5.73 Å². The number of piperidine rings is 1. The minimum atomic E-state index is -0.728. The molecule has 0 spiro atoms. The first-order valence-corrected chi connectivity index (χ1v) is 9.40. The average Bonchev–Trinajstić information content (AvgIpc) is 3.05. The van der Waals surface area contributed by atoms with Crippen molar-refractivity contribution in [1.82, 2.24) is 15.5 Å². The van der Waals surface area contributed by atoms with Gasteiger partial charge in [-0.15, -0.1) is 0 Å². The smallest absolute Gasteiger partial charge is 0.245 e. The van der Waals surface area contributed by atoms with Crippen LogP contribution in [0, 0.1) is 11.8 Å². The first kappa shape index (κ1) is 20.2. The van der Waals surface area contributed by atoms with E-state index < -0.39 is 24.0 Å². The van der Waals surface area contributed by atoms with Gasteiger partial charge in [-0.3, -0.25) is 19.2 Å². The molecule has 2 rings (SSSR count). The van der Waals surface area contributed by atoms with E-state index in [1.807, 2.05) is 20.8 Å². The van der Waals surface area contributed by atoms with Crippen molar-refractivity contribution in [3.05, 3.63) is 0 Å². The van der Waals surface area contributed by atoms with Gasteiger partial charge in [0.2, 0.25) is 23.6 Å². The van der Waals surface area contributed by atoms with Gasteiger partial charge >= 0.3 is 0 Å². The molecule has 0 aromatic rings. The van der Waals surface area contributed by atoms with Crippen LogP contribution in [0.3, 0.4) is 0 Å². The minimum absolute atomic E-state index is 0.00709. The van der Waals surface area contributed by atoms with Gasteiger partial charge in [-0.1, -0.05) is 20.8 Å². The Balaban J connectivity index is 2.11. The topological polar surface area (TPSA) is 122 Å². The van der Waals surface area contributed by atoms with Crippen molar-refractivity contribution in [3.63, 3.8) is 0 Å². The summed E-state index contributed by atoms with van der Waals surface area (Å²) in [6.45, 7) is 6.31. The van der Waals surface area contributed by atoms with E-state index in [0.717, 1.165) is 6.42 Å². The number of carbonyl (C=O) groups excluding carboxylic acids is 4. The molecular weight excluding hydrogens is 336 g/mol. The summed E-state index contributed by atoms with van der Waals surface area (Å²) in [5, 5.41) is 5.52. The highest BCUT2D eigenvalue weighted by Crippen LogP contribution is 2.21. The monoisotopic (exact) mass is 366 g/mol. The van der Waals surface area contributed by atoms with Crippen LogP contribution in [0.5, 0.6) is 0 Å². The standard InChI is InChI=1S/C18H30N4O4/c1-10(2)9-12(18(26)22-8-4-5-13(22)16(19)24)20-17(25)15-11(3)6-7-14(23)21-15/h10-13,15H,4-9H2,1-3H3,(H2,19,24)(H,20,25)(H,21,23)/t11?,12-,13-,15?/m0/s1. The second kappa shape index (κ2) is 8.51. The maximum Gasteiger partial charge on any atom is 0.245 e. The van der Waals surface area contributed by atoms with Crippen molar-refractivity contribution in [1.29, 1.82) is 0 Å². The molecule has 2 fully saturated rings. The molecule has 2 aliphatic rings. The number of nitrogens with zero attached hydrogens (tertiary/aromatic N) is 1. The number of carbonyl (C=O) groups is 4. The lowest BCUT2D eigenvalue weighted by atomic mass is 9.91. The summed E-state index contributed by atoms with van der Waals surface area (Å²) in [4.78, 5) is 50.4. The SMILES string of the molecule is CC(C)C[C@H](NC(=O)C1NC(=O)CCC1C)C(=O)N1CCC[C@H]1C(N)=O. The molecule has 0 aromatic heterocycles. The van der Waals surface area contributed by atoms with E-state index in [0.29, 0.717) is 32.2 Å². The van der Waals surface area contributed by atoms with Crippen LogP contribution in [-0.4, -0.2) is 53.2 Å². The quantitative estimate of drug-likeness (QED) is 0.608. The molecule has 0 aliphatic carbocycles. The first-order valence-electron chi connectivity index (χ1n) is 9.40. The third-order valence-corrected chi connectivity index (χ3v) is 5.18. The maximum absolute atomic E-state index is 13.0. The van der Waals surface area contributed by atoms with Crippen LogP contribution in [0.25, 0.3) is 0 Å². The third kappa shape index (κ3) is 4.74. The number of primary amides is 1. The fourth-order valence-corrected chi connectivity index (χ4v) is 3.72. The summed E-state index contributed by atoms with van der Waals surface area (Å²) in [6, 6.07) is -1.97. The molecule has 2 aliphatic heterocycles. The van der Waals surface area contributed by atoms with Gasteiger partial charge in [0.1, 0.15) is 18.1 Å². The fraction of sp³-hybridized carbons (Fsp3) is 0.778. The van der Waals surface area contributed by atoms with Gasteiger partial charge in [-0.2, -0.15) is 0 Å². The lowest BCUT2D eigenvalue weighted by Crippen LogP contribution is -2.58. The Morgan fingerprint density at radius 3 is 2.62 bits per heavy atom. The third-order valence-electron chi connectivity index (χ3n) is 5.18. The summed E-state index contributed by atoms with van der Waals surface area (Å²) < 4.78 is 0. The molecule has 146 valence electrons. The van der Waals surface area contributed by atoms with Crippen LogP contribution < -0.4 is 16.4 Å². The van der Waals surface area contributed by atoms with Gasteiger partial charge in [0.15, 0.2) is 0 Å². The van der Waals surface area contributed by atoms with Gasteiger partial charge in [0, 0.05) is 13.0 Å². The number of nitrogens with two attached hydrogens (primary N) is 1. The van der Waals surface area contributed by atoms with Gasteiger partial charge in [-0.05, 0) is 37.5 Å². The number of rotatable bonds is 6. The first-order chi connectivity index (χ1) is 12.2. The van der Waals surface area contributed by atoms with E-state index in [-0.39, 0.29) is 29.6 Å². The lowest BCUT2D eigenvalue weighted by molar-refractivity contribution is -0.142. The predicted molar refractivity (Wildman–Crippen MR) is 95.6 cm³/mol. The average molecular weight is 366 g/mol. The van der Waals surface area contributed by atoms with Crippen molar-refractivity contribution in [2.45, 2.75) is 71.0 Å². The minimum Gasteiger partial charge on any atom is -0.368 e. The normalized spacial score (nSPS) is 27.2. The van der Waals surface area contributed by atoms with Crippen LogP contribution >= 0.6 is 0 Å². The fourth-order valence-electron chi connectivity index (χ4n) is 3.72. The molecule has 0 aromatic carbocycles. The van der Waals surface area contributed by atoms with Crippen molar-refractivity contribution >= 4 is 23.6 Å². The van der Waals surface area contributed by atoms with E-state index >= 15 is 0 Å². The number of hydrogen-bond acceptors (Lipinski definition) is 4. The molecule has 8 heteroatoms. The molecule has 0 bridgehead atoms. The van der Waals surface area contributed by atoms with Crippen LogP contribution in [0.2, 0.25) is 0 Å². The van der Waals surface area contributed by atoms with E-state index in [1.54, 1.807) is 0 Å². The van der Waals surface area contributed by atoms with E-state index in [2.05, 4.69) is 10.6 Å². The van der Waals surface area contributed by atoms with Gasteiger partial charge < -0.3 is 21.3 Å². The van der Waals surface area contributed by atoms with Crippen LogP contribution in [0.4, 0.5) is 0 Å². The number of hydrogen-bond donors (Lipinski definition) is 3. The number of nitrogens with one attached hydrogen (secondary N) is 2. The summed E-state index contributed by atoms with van der Waals surface area (Å²) in [5.41, 5.74) is 5.41. The summed E-state index contributed by atoms with van der Waals surface area (Å²) >= 11 is 0.